The number of carbonyl (C=O) groups is 2. The third kappa shape index (κ3) is 7.42. The van der Waals surface area contributed by atoms with Crippen LogP contribution in [0.15, 0.2) is 54.6 Å². The van der Waals surface area contributed by atoms with E-state index in [-0.39, 0.29) is 23.9 Å². The molecule has 0 radical (unpaired) electrons. The van der Waals surface area contributed by atoms with Crippen LogP contribution in [0.2, 0.25) is 0 Å². The molecule has 3 unspecified atom stereocenters. The van der Waals surface area contributed by atoms with Gasteiger partial charge >= 0.3 is 0 Å². The Bertz CT molecular complexity index is 884. The summed E-state index contributed by atoms with van der Waals surface area (Å²) in [5.74, 6) is 0.432. The van der Waals surface area contributed by atoms with Crippen molar-refractivity contribution in [3.63, 3.8) is 0 Å². The van der Waals surface area contributed by atoms with Gasteiger partial charge in [0.05, 0.1) is 6.54 Å². The Labute approximate surface area is 206 Å². The Kier molecular flexibility index (Phi) is 11.8. The maximum Gasteiger partial charge on any atom is 0.251 e. The smallest absolute Gasteiger partial charge is 0.251 e. The van der Waals surface area contributed by atoms with Crippen molar-refractivity contribution in [2.75, 3.05) is 19.6 Å². The van der Waals surface area contributed by atoms with E-state index >= 15 is 0 Å². The molecule has 1 heterocycles. The third-order valence-corrected chi connectivity index (χ3v) is 6.46. The van der Waals surface area contributed by atoms with Crippen LogP contribution in [0.3, 0.4) is 0 Å². The van der Waals surface area contributed by atoms with Gasteiger partial charge in [0.1, 0.15) is 0 Å². The molecule has 0 bridgehead atoms. The molecule has 0 spiro atoms. The maximum atomic E-state index is 12.8. The zero-order valence-corrected chi connectivity index (χ0v) is 21.6. The number of fused-ring (bicyclic) bond motifs is 1. The molecule has 2 amide bonds. The molecule has 1 aliphatic heterocycles. The van der Waals surface area contributed by atoms with Crippen LogP contribution in [0.25, 0.3) is 0 Å². The highest BCUT2D eigenvalue weighted by molar-refractivity contribution is 5.94. The molecule has 4 rings (SSSR count). The molecule has 2 aromatic carbocycles. The van der Waals surface area contributed by atoms with E-state index in [9.17, 15) is 9.59 Å². The Morgan fingerprint density at radius 3 is 2.29 bits per heavy atom. The molecule has 34 heavy (non-hydrogen) atoms. The second-order valence-corrected chi connectivity index (χ2v) is 8.49. The van der Waals surface area contributed by atoms with Crippen LogP contribution < -0.4 is 10.6 Å². The predicted octanol–water partition coefficient (Wildman–Crippen LogP) is 5.17. The lowest BCUT2D eigenvalue weighted by Gasteiger charge is -2.34. The highest BCUT2D eigenvalue weighted by atomic mass is 16.2. The number of benzene rings is 2. The molecule has 2 aliphatic rings. The summed E-state index contributed by atoms with van der Waals surface area (Å²) in [7, 11) is 0. The number of amides is 2. The molecule has 1 aliphatic carbocycles. The first-order chi connectivity index (χ1) is 16.6. The molecule has 0 aromatic heterocycles. The fourth-order valence-electron chi connectivity index (χ4n) is 4.94. The fraction of sp³-hybridized carbons (Fsp3) is 0.517. The van der Waals surface area contributed by atoms with E-state index in [0.29, 0.717) is 18.0 Å². The zero-order valence-electron chi connectivity index (χ0n) is 21.6. The number of hydrogen-bond donors (Lipinski definition) is 2. The van der Waals surface area contributed by atoms with Gasteiger partial charge < -0.3 is 10.6 Å². The van der Waals surface area contributed by atoms with Crippen molar-refractivity contribution in [1.29, 1.82) is 0 Å². The molecule has 3 atom stereocenters. The quantitative estimate of drug-likeness (QED) is 0.619. The van der Waals surface area contributed by atoms with Crippen LogP contribution in [-0.4, -0.2) is 48.4 Å². The van der Waals surface area contributed by atoms with E-state index in [2.05, 4.69) is 46.7 Å². The highest BCUT2D eigenvalue weighted by Crippen LogP contribution is 2.34. The van der Waals surface area contributed by atoms with Crippen LogP contribution >= 0.6 is 0 Å². The van der Waals surface area contributed by atoms with Gasteiger partial charge in [-0.2, -0.15) is 0 Å². The number of nitrogens with one attached hydrogen (secondary N) is 2. The van der Waals surface area contributed by atoms with Crippen LogP contribution in [-0.2, 0) is 11.2 Å². The van der Waals surface area contributed by atoms with Crippen molar-refractivity contribution in [3.8, 4) is 0 Å². The van der Waals surface area contributed by atoms with E-state index in [0.717, 1.165) is 38.8 Å². The van der Waals surface area contributed by atoms with Gasteiger partial charge in [-0.05, 0) is 48.9 Å². The normalized spacial score (nSPS) is 21.1. The zero-order chi connectivity index (χ0) is 24.9. The van der Waals surface area contributed by atoms with Gasteiger partial charge in [-0.15, -0.1) is 0 Å². The summed E-state index contributed by atoms with van der Waals surface area (Å²) < 4.78 is 0. The van der Waals surface area contributed by atoms with Crippen molar-refractivity contribution >= 4 is 11.8 Å². The third-order valence-electron chi connectivity index (χ3n) is 6.46. The maximum absolute atomic E-state index is 12.8. The van der Waals surface area contributed by atoms with E-state index in [1.54, 1.807) is 0 Å². The largest absolute Gasteiger partial charge is 0.352 e. The summed E-state index contributed by atoms with van der Waals surface area (Å²) >= 11 is 0. The molecular formula is C29H43N3O2. The Hall–Kier alpha value is -2.66. The standard InChI is InChI=1S/C25H31N3O2.2C2H6/c1-2-21-22-11-7-6-8-18(22)12-13-23(21)27-24(29)17-28-15-14-20(16-28)26-25(30)19-9-4-3-5-10-19;2*1-2/h3-11,20-21,23H,2,12-17H2,1H3,(H,26,30)(H,27,29);2*1-2H3. The number of likely N-dealkylation sites (tertiary alicyclic amines) is 1. The van der Waals surface area contributed by atoms with Crippen LogP contribution in [0.5, 0.6) is 0 Å². The second kappa shape index (κ2) is 14.6. The Morgan fingerprint density at radius 2 is 1.59 bits per heavy atom. The molecule has 1 saturated heterocycles. The first kappa shape index (κ1) is 27.6. The minimum atomic E-state index is -0.0430. The van der Waals surface area contributed by atoms with Gasteiger partial charge in [0.25, 0.3) is 5.91 Å². The molecule has 186 valence electrons. The van der Waals surface area contributed by atoms with Crippen molar-refractivity contribution in [3.05, 3.63) is 71.3 Å². The van der Waals surface area contributed by atoms with E-state index < -0.39 is 0 Å². The molecule has 1 fully saturated rings. The van der Waals surface area contributed by atoms with E-state index in [4.69, 9.17) is 0 Å². The fourth-order valence-corrected chi connectivity index (χ4v) is 4.94. The van der Waals surface area contributed by atoms with Crippen LogP contribution in [0.4, 0.5) is 0 Å². The SMILES string of the molecule is CC.CC.CCC1c2ccccc2CCC1NC(=O)CN1CCC(NC(=O)c2ccccc2)C1. The summed E-state index contributed by atoms with van der Waals surface area (Å²) in [4.78, 5) is 27.2. The summed E-state index contributed by atoms with van der Waals surface area (Å²) in [6.07, 6.45) is 3.92. The van der Waals surface area contributed by atoms with Gasteiger partial charge in [0, 0.05) is 36.7 Å². The summed E-state index contributed by atoms with van der Waals surface area (Å²) in [5.41, 5.74) is 3.49. The lowest BCUT2D eigenvalue weighted by Crippen LogP contribution is -2.46. The average Bonchev–Trinajstić information content (AvgIpc) is 3.33. The number of aryl methyl sites for hydroxylation is 1. The van der Waals surface area contributed by atoms with Gasteiger partial charge in [0.2, 0.25) is 5.91 Å². The highest BCUT2D eigenvalue weighted by Gasteiger charge is 2.31. The van der Waals surface area contributed by atoms with Gasteiger partial charge in [-0.25, -0.2) is 0 Å². The van der Waals surface area contributed by atoms with Crippen molar-refractivity contribution in [2.24, 2.45) is 0 Å². The molecule has 0 saturated carbocycles. The first-order valence-electron chi connectivity index (χ1n) is 13.1. The number of nitrogens with zero attached hydrogens (tertiary/aromatic N) is 1. The molecule has 2 N–H and O–H groups in total. The molecular weight excluding hydrogens is 422 g/mol. The number of rotatable bonds is 6. The Morgan fingerprint density at radius 1 is 0.912 bits per heavy atom. The number of hydrogen-bond acceptors (Lipinski definition) is 3. The van der Waals surface area contributed by atoms with Gasteiger partial charge in [-0.1, -0.05) is 77.1 Å². The van der Waals surface area contributed by atoms with E-state index in [1.807, 2.05) is 58.0 Å². The summed E-state index contributed by atoms with van der Waals surface area (Å²) in [6.45, 7) is 12.1. The van der Waals surface area contributed by atoms with E-state index in [1.165, 1.54) is 11.1 Å². The van der Waals surface area contributed by atoms with Gasteiger partial charge in [0.15, 0.2) is 0 Å². The molecule has 2 aromatic rings. The summed E-state index contributed by atoms with van der Waals surface area (Å²) in [5, 5.41) is 6.40. The van der Waals surface area contributed by atoms with Crippen molar-refractivity contribution < 1.29 is 9.59 Å². The minimum Gasteiger partial charge on any atom is -0.352 e. The van der Waals surface area contributed by atoms with Crippen LogP contribution in [0.1, 0.15) is 81.3 Å². The lowest BCUT2D eigenvalue weighted by molar-refractivity contribution is -0.123. The molecule has 5 nitrogen and oxygen atoms in total. The topological polar surface area (TPSA) is 61.4 Å². The van der Waals surface area contributed by atoms with Gasteiger partial charge in [-0.3, -0.25) is 14.5 Å². The Balaban J connectivity index is 0.000000970. The van der Waals surface area contributed by atoms with Crippen LogP contribution in [0, 0.1) is 0 Å². The van der Waals surface area contributed by atoms with Crippen molar-refractivity contribution in [2.45, 2.75) is 78.3 Å². The summed E-state index contributed by atoms with van der Waals surface area (Å²) in [6, 6.07) is 18.2. The minimum absolute atomic E-state index is 0.0430. The number of carbonyl (C=O) groups excluding carboxylic acids is 2. The predicted molar refractivity (Wildman–Crippen MR) is 141 cm³/mol. The van der Waals surface area contributed by atoms with Crippen molar-refractivity contribution in [1.82, 2.24) is 15.5 Å². The second-order valence-electron chi connectivity index (χ2n) is 8.49. The monoisotopic (exact) mass is 465 g/mol. The molecule has 5 heteroatoms. The lowest BCUT2D eigenvalue weighted by atomic mass is 9.78. The average molecular weight is 466 g/mol. The first-order valence-corrected chi connectivity index (χ1v) is 13.1.